The fourth-order valence-electron chi connectivity index (χ4n) is 2.18. The molecule has 1 aliphatic heterocycles. The van der Waals surface area contributed by atoms with Crippen molar-refractivity contribution in [3.05, 3.63) is 29.1 Å². The summed E-state index contributed by atoms with van der Waals surface area (Å²) in [5.74, 6) is 0.302. The van der Waals surface area contributed by atoms with Crippen molar-refractivity contribution in [3.63, 3.8) is 0 Å². The quantitative estimate of drug-likeness (QED) is 0.794. The van der Waals surface area contributed by atoms with Gasteiger partial charge in [-0.3, -0.25) is 0 Å². The third kappa shape index (κ3) is 3.34. The monoisotopic (exact) mass is 279 g/mol. The van der Waals surface area contributed by atoms with Crippen molar-refractivity contribution < 1.29 is 13.6 Å². The molecule has 0 aromatic heterocycles. The van der Waals surface area contributed by atoms with Crippen molar-refractivity contribution in [1.82, 2.24) is 0 Å². The number of nitrogens with zero attached hydrogens (tertiary/aromatic N) is 1. The van der Waals surface area contributed by atoms with Crippen molar-refractivity contribution >= 4 is 8.32 Å². The lowest BCUT2D eigenvalue weighted by Gasteiger charge is -2.26. The minimum absolute atomic E-state index is 0.335. The molecule has 0 N–H and O–H groups in total. The molecular formula is C14H18FNO2Si. The topological polar surface area (TPSA) is 42.2 Å². The Balaban J connectivity index is 2.43. The van der Waals surface area contributed by atoms with Crippen LogP contribution in [-0.2, 0) is 10.8 Å². The van der Waals surface area contributed by atoms with Crippen LogP contribution in [0.4, 0.5) is 4.39 Å². The summed E-state index contributed by atoms with van der Waals surface area (Å²) in [6, 6.07) is 4.96. The van der Waals surface area contributed by atoms with Crippen molar-refractivity contribution in [2.75, 3.05) is 6.61 Å². The van der Waals surface area contributed by atoms with Crippen LogP contribution in [-0.4, -0.2) is 14.9 Å². The summed E-state index contributed by atoms with van der Waals surface area (Å²) in [7, 11) is -1.89. The molecule has 102 valence electrons. The van der Waals surface area contributed by atoms with Crippen LogP contribution in [0.1, 0.15) is 23.7 Å². The van der Waals surface area contributed by atoms with E-state index >= 15 is 0 Å². The zero-order chi connectivity index (χ0) is 14.0. The van der Waals surface area contributed by atoms with Crippen LogP contribution in [0.15, 0.2) is 12.1 Å². The number of fused-ring (bicyclic) bond motifs is 1. The van der Waals surface area contributed by atoms with E-state index in [9.17, 15) is 9.65 Å². The highest BCUT2D eigenvalue weighted by Gasteiger charge is 2.27. The largest absolute Gasteiger partial charge is 0.493 e. The first-order chi connectivity index (χ1) is 8.90. The molecule has 0 fully saturated rings. The van der Waals surface area contributed by atoms with E-state index in [1.165, 1.54) is 12.1 Å². The molecule has 19 heavy (non-hydrogen) atoms. The van der Waals surface area contributed by atoms with Crippen LogP contribution in [0.25, 0.3) is 0 Å². The Labute approximate surface area is 114 Å². The summed E-state index contributed by atoms with van der Waals surface area (Å²) in [6.07, 6.45) is 0.905. The smallest absolute Gasteiger partial charge is 0.186 e. The van der Waals surface area contributed by atoms with Gasteiger partial charge in [-0.05, 0) is 50.2 Å². The minimum atomic E-state index is -1.89. The van der Waals surface area contributed by atoms with Crippen LogP contribution < -0.4 is 4.74 Å². The van der Waals surface area contributed by atoms with Crippen LogP contribution in [0.2, 0.25) is 19.6 Å². The predicted molar refractivity (Wildman–Crippen MR) is 73.0 cm³/mol. The predicted octanol–water partition coefficient (Wildman–Crippen LogP) is 3.57. The second-order valence-corrected chi connectivity index (χ2v) is 10.1. The maximum Gasteiger partial charge on any atom is 0.186 e. The second kappa shape index (κ2) is 5.31. The fraction of sp³-hybridized carbons (Fsp3) is 0.500. The van der Waals surface area contributed by atoms with Gasteiger partial charge in [-0.2, -0.15) is 5.26 Å². The number of nitriles is 1. The summed E-state index contributed by atoms with van der Waals surface area (Å²) in [5.41, 5.74) is 1.36. The van der Waals surface area contributed by atoms with Gasteiger partial charge in [0.05, 0.1) is 12.7 Å². The van der Waals surface area contributed by atoms with Gasteiger partial charge in [0.2, 0.25) is 0 Å². The maximum atomic E-state index is 13.7. The molecule has 1 aliphatic rings. The van der Waals surface area contributed by atoms with Gasteiger partial charge in [0.15, 0.2) is 14.4 Å². The molecule has 0 bridgehead atoms. The fourth-order valence-corrected chi connectivity index (χ4v) is 3.07. The van der Waals surface area contributed by atoms with Gasteiger partial charge in [-0.1, -0.05) is 0 Å². The number of ether oxygens (including phenoxy) is 1. The van der Waals surface area contributed by atoms with Gasteiger partial charge in [0.1, 0.15) is 11.6 Å². The molecule has 3 nitrogen and oxygen atoms in total. The molecule has 1 heterocycles. The molecule has 0 saturated carbocycles. The van der Waals surface area contributed by atoms with Gasteiger partial charge in [-0.15, -0.1) is 0 Å². The highest BCUT2D eigenvalue weighted by Crippen LogP contribution is 2.36. The van der Waals surface area contributed by atoms with E-state index in [1.807, 2.05) is 19.6 Å². The minimum Gasteiger partial charge on any atom is -0.493 e. The summed E-state index contributed by atoms with van der Waals surface area (Å²) in [6.45, 7) is 6.62. The number of halogens is 1. The van der Waals surface area contributed by atoms with E-state index in [-0.39, 0.29) is 5.82 Å². The average Bonchev–Trinajstić information content (AvgIpc) is 2.34. The molecule has 0 aliphatic carbocycles. The molecule has 0 amide bonds. The van der Waals surface area contributed by atoms with Gasteiger partial charge in [-0.25, -0.2) is 4.39 Å². The lowest BCUT2D eigenvalue weighted by molar-refractivity contribution is 0.233. The Morgan fingerprint density at radius 2 is 2.16 bits per heavy atom. The Morgan fingerprint density at radius 3 is 2.79 bits per heavy atom. The Hall–Kier alpha value is -1.38. The molecule has 0 saturated heterocycles. The summed E-state index contributed by atoms with van der Waals surface area (Å²) in [4.78, 5) is 0. The Bertz CT molecular complexity index is 519. The SMILES string of the molecule is C[Si](C)(C)OC(C#N)c1cc(F)cc2c1OCCC2. The van der Waals surface area contributed by atoms with Crippen LogP contribution >= 0.6 is 0 Å². The molecule has 5 heteroatoms. The van der Waals surface area contributed by atoms with Crippen LogP contribution in [0.5, 0.6) is 5.75 Å². The Kier molecular flexibility index (Phi) is 3.93. The molecule has 1 atom stereocenters. The average molecular weight is 279 g/mol. The first kappa shape index (κ1) is 14.0. The van der Waals surface area contributed by atoms with Crippen molar-refractivity contribution in [2.45, 2.75) is 38.6 Å². The van der Waals surface area contributed by atoms with Gasteiger partial charge in [0.25, 0.3) is 0 Å². The number of benzene rings is 1. The summed E-state index contributed by atoms with van der Waals surface area (Å²) in [5, 5.41) is 9.30. The van der Waals surface area contributed by atoms with Gasteiger partial charge in [0, 0.05) is 5.56 Å². The standard InChI is InChI=1S/C14H18FNO2Si/c1-19(2,3)18-13(9-16)12-8-11(15)7-10-5-4-6-17-14(10)12/h7-8,13H,4-6H2,1-3H3. The van der Waals surface area contributed by atoms with Crippen molar-refractivity contribution in [3.8, 4) is 11.8 Å². The van der Waals surface area contributed by atoms with Crippen LogP contribution in [0, 0.1) is 17.1 Å². The summed E-state index contributed by atoms with van der Waals surface area (Å²) < 4.78 is 25.1. The van der Waals surface area contributed by atoms with E-state index in [2.05, 4.69) is 6.07 Å². The molecule has 1 aromatic carbocycles. The number of aryl methyl sites for hydroxylation is 1. The molecule has 1 aromatic rings. The Morgan fingerprint density at radius 1 is 1.42 bits per heavy atom. The number of hydrogen-bond donors (Lipinski definition) is 0. The second-order valence-electron chi connectivity index (χ2n) is 5.67. The maximum absolute atomic E-state index is 13.7. The third-order valence-electron chi connectivity index (χ3n) is 2.87. The number of hydrogen-bond acceptors (Lipinski definition) is 3. The van der Waals surface area contributed by atoms with E-state index in [0.717, 1.165) is 18.4 Å². The summed E-state index contributed by atoms with van der Waals surface area (Å²) >= 11 is 0. The zero-order valence-electron chi connectivity index (χ0n) is 11.5. The zero-order valence-corrected chi connectivity index (χ0v) is 12.5. The van der Waals surface area contributed by atoms with E-state index in [0.29, 0.717) is 17.9 Å². The molecule has 2 rings (SSSR count). The van der Waals surface area contributed by atoms with E-state index in [4.69, 9.17) is 9.16 Å². The van der Waals surface area contributed by atoms with Gasteiger partial charge >= 0.3 is 0 Å². The first-order valence-corrected chi connectivity index (χ1v) is 9.84. The lowest BCUT2D eigenvalue weighted by atomic mass is 9.99. The van der Waals surface area contributed by atoms with Crippen molar-refractivity contribution in [1.29, 1.82) is 5.26 Å². The van der Waals surface area contributed by atoms with Gasteiger partial charge < -0.3 is 9.16 Å². The highest BCUT2D eigenvalue weighted by molar-refractivity contribution is 6.69. The highest BCUT2D eigenvalue weighted by atomic mass is 28.4. The van der Waals surface area contributed by atoms with E-state index in [1.54, 1.807) is 0 Å². The van der Waals surface area contributed by atoms with Crippen molar-refractivity contribution in [2.24, 2.45) is 0 Å². The normalized spacial score (nSPS) is 16.2. The first-order valence-electron chi connectivity index (χ1n) is 6.43. The molecule has 0 spiro atoms. The molecule has 1 unspecified atom stereocenters. The lowest BCUT2D eigenvalue weighted by Crippen LogP contribution is -2.28. The molecule has 0 radical (unpaired) electrons. The van der Waals surface area contributed by atoms with E-state index < -0.39 is 14.4 Å². The third-order valence-corrected chi connectivity index (χ3v) is 3.81. The van der Waals surface area contributed by atoms with Crippen LogP contribution in [0.3, 0.4) is 0 Å². The number of rotatable bonds is 3. The molecular weight excluding hydrogens is 261 g/mol.